The lowest BCUT2D eigenvalue weighted by atomic mass is 10.3. The number of benzene rings is 1. The number of aryl methyl sites for hydroxylation is 1. The van der Waals surface area contributed by atoms with Crippen LogP contribution in [0.3, 0.4) is 0 Å². The summed E-state index contributed by atoms with van der Waals surface area (Å²) in [6.07, 6.45) is 0.657. The Morgan fingerprint density at radius 3 is 2.95 bits per heavy atom. The van der Waals surface area contributed by atoms with Gasteiger partial charge in [0.2, 0.25) is 0 Å². The number of fused-ring (bicyclic) bond motifs is 1. The van der Waals surface area contributed by atoms with E-state index in [-0.39, 0.29) is 0 Å². The SMILES string of the molecule is NC(=O)NCCn1c(CCCl)nc2ccc(Cl)cc21. The van der Waals surface area contributed by atoms with Gasteiger partial charge in [-0.3, -0.25) is 0 Å². The first-order valence-electron chi connectivity index (χ1n) is 5.85. The molecule has 0 bridgehead atoms. The number of urea groups is 1. The molecule has 1 aromatic heterocycles. The van der Waals surface area contributed by atoms with Gasteiger partial charge in [0.15, 0.2) is 0 Å². The Bertz CT molecular complexity index is 597. The van der Waals surface area contributed by atoms with Crippen molar-refractivity contribution in [3.63, 3.8) is 0 Å². The molecule has 0 fully saturated rings. The predicted molar refractivity (Wildman–Crippen MR) is 76.8 cm³/mol. The summed E-state index contributed by atoms with van der Waals surface area (Å²) in [5.74, 6) is 1.36. The van der Waals surface area contributed by atoms with Crippen molar-refractivity contribution in [3.05, 3.63) is 29.0 Å². The Kier molecular flexibility index (Phi) is 4.50. The van der Waals surface area contributed by atoms with Crippen LogP contribution in [0.25, 0.3) is 11.0 Å². The van der Waals surface area contributed by atoms with E-state index in [1.165, 1.54) is 0 Å². The van der Waals surface area contributed by atoms with E-state index in [4.69, 9.17) is 28.9 Å². The third kappa shape index (κ3) is 3.30. The molecule has 7 heteroatoms. The number of nitrogens with zero attached hydrogens (tertiary/aromatic N) is 2. The van der Waals surface area contributed by atoms with Crippen LogP contribution in [0.4, 0.5) is 4.79 Å². The number of alkyl halides is 1. The van der Waals surface area contributed by atoms with Crippen LogP contribution < -0.4 is 11.1 Å². The molecular formula is C12H14Cl2N4O. The number of carbonyl (C=O) groups is 1. The normalized spacial score (nSPS) is 10.8. The number of rotatable bonds is 5. The highest BCUT2D eigenvalue weighted by molar-refractivity contribution is 6.31. The maximum absolute atomic E-state index is 10.7. The van der Waals surface area contributed by atoms with Gasteiger partial charge >= 0.3 is 6.03 Å². The molecule has 0 aliphatic heterocycles. The van der Waals surface area contributed by atoms with Crippen LogP contribution in [0.5, 0.6) is 0 Å². The third-order valence-corrected chi connectivity index (χ3v) is 3.17. The van der Waals surface area contributed by atoms with Gasteiger partial charge in [0.05, 0.1) is 11.0 Å². The number of nitrogens with two attached hydrogens (primary N) is 1. The summed E-state index contributed by atoms with van der Waals surface area (Å²) < 4.78 is 2.00. The van der Waals surface area contributed by atoms with E-state index in [1.807, 2.05) is 16.7 Å². The van der Waals surface area contributed by atoms with Gasteiger partial charge in [-0.15, -0.1) is 11.6 Å². The van der Waals surface area contributed by atoms with Gasteiger partial charge in [0.1, 0.15) is 5.82 Å². The molecule has 0 atom stereocenters. The number of carbonyl (C=O) groups excluding carboxylic acids is 1. The van der Waals surface area contributed by atoms with Crippen LogP contribution in [-0.2, 0) is 13.0 Å². The van der Waals surface area contributed by atoms with Crippen molar-refractivity contribution in [1.82, 2.24) is 14.9 Å². The second kappa shape index (κ2) is 6.12. The highest BCUT2D eigenvalue weighted by Gasteiger charge is 2.10. The molecule has 1 aromatic carbocycles. The molecule has 2 amide bonds. The Morgan fingerprint density at radius 2 is 2.26 bits per heavy atom. The first-order valence-corrected chi connectivity index (χ1v) is 6.77. The number of halogens is 2. The van der Waals surface area contributed by atoms with Crippen molar-refractivity contribution in [1.29, 1.82) is 0 Å². The average molecular weight is 301 g/mol. The second-order valence-electron chi connectivity index (χ2n) is 4.04. The van der Waals surface area contributed by atoms with Gasteiger partial charge in [-0.05, 0) is 18.2 Å². The third-order valence-electron chi connectivity index (χ3n) is 2.74. The molecule has 2 rings (SSSR count). The van der Waals surface area contributed by atoms with Gasteiger partial charge in [-0.25, -0.2) is 9.78 Å². The summed E-state index contributed by atoms with van der Waals surface area (Å²) in [5, 5.41) is 3.20. The quantitative estimate of drug-likeness (QED) is 0.830. The molecule has 5 nitrogen and oxygen atoms in total. The fourth-order valence-corrected chi connectivity index (χ4v) is 2.30. The molecule has 0 unspecified atom stereocenters. The van der Waals surface area contributed by atoms with E-state index in [1.54, 1.807) is 6.07 Å². The number of primary amides is 1. The summed E-state index contributed by atoms with van der Waals surface area (Å²) in [5.41, 5.74) is 6.84. The zero-order valence-corrected chi connectivity index (χ0v) is 11.7. The lowest BCUT2D eigenvalue weighted by Crippen LogP contribution is -2.32. The number of amides is 2. The molecule has 0 saturated carbocycles. The van der Waals surface area contributed by atoms with E-state index in [0.717, 1.165) is 16.9 Å². The van der Waals surface area contributed by atoms with Crippen LogP contribution in [0.1, 0.15) is 5.82 Å². The molecule has 0 saturated heterocycles. The van der Waals surface area contributed by atoms with Crippen LogP contribution in [-0.4, -0.2) is 28.0 Å². The molecule has 0 aliphatic carbocycles. The Morgan fingerprint density at radius 1 is 1.47 bits per heavy atom. The zero-order valence-electron chi connectivity index (χ0n) is 10.2. The maximum atomic E-state index is 10.7. The van der Waals surface area contributed by atoms with Gasteiger partial charge < -0.3 is 15.6 Å². The smallest absolute Gasteiger partial charge is 0.312 e. The number of nitrogens with one attached hydrogen (secondary N) is 1. The van der Waals surface area contributed by atoms with Crippen molar-refractivity contribution < 1.29 is 4.79 Å². The molecule has 19 heavy (non-hydrogen) atoms. The summed E-state index contributed by atoms with van der Waals surface area (Å²) in [7, 11) is 0. The van der Waals surface area contributed by atoms with Gasteiger partial charge in [-0.1, -0.05) is 11.6 Å². The van der Waals surface area contributed by atoms with Crippen molar-refractivity contribution in [2.24, 2.45) is 5.73 Å². The van der Waals surface area contributed by atoms with Gasteiger partial charge in [-0.2, -0.15) is 0 Å². The van der Waals surface area contributed by atoms with E-state index < -0.39 is 6.03 Å². The van der Waals surface area contributed by atoms with Gasteiger partial charge in [0, 0.05) is 30.4 Å². The highest BCUT2D eigenvalue weighted by Crippen LogP contribution is 2.21. The van der Waals surface area contributed by atoms with Crippen molar-refractivity contribution in [2.45, 2.75) is 13.0 Å². The minimum absolute atomic E-state index is 0.433. The number of hydrogen-bond acceptors (Lipinski definition) is 2. The molecule has 0 radical (unpaired) electrons. The molecule has 0 aliphatic rings. The number of imidazole rings is 1. The topological polar surface area (TPSA) is 72.9 Å². The van der Waals surface area contributed by atoms with Crippen LogP contribution in [0, 0.1) is 0 Å². The fourth-order valence-electron chi connectivity index (χ4n) is 1.96. The molecule has 1 heterocycles. The minimum atomic E-state index is -0.540. The summed E-state index contributed by atoms with van der Waals surface area (Å²) >= 11 is 11.8. The Labute approximate surface area is 120 Å². The number of aromatic nitrogens is 2. The molecule has 2 aromatic rings. The van der Waals surface area contributed by atoms with Crippen molar-refractivity contribution in [3.8, 4) is 0 Å². The van der Waals surface area contributed by atoms with E-state index >= 15 is 0 Å². The average Bonchev–Trinajstić information content (AvgIpc) is 2.67. The lowest BCUT2D eigenvalue weighted by molar-refractivity contribution is 0.248. The second-order valence-corrected chi connectivity index (χ2v) is 4.86. The number of hydrogen-bond donors (Lipinski definition) is 2. The largest absolute Gasteiger partial charge is 0.352 e. The van der Waals surface area contributed by atoms with Crippen LogP contribution >= 0.6 is 23.2 Å². The molecule has 3 N–H and O–H groups in total. The van der Waals surface area contributed by atoms with Crippen LogP contribution in [0.2, 0.25) is 5.02 Å². The first-order chi connectivity index (χ1) is 9.11. The van der Waals surface area contributed by atoms with E-state index in [2.05, 4.69) is 10.3 Å². The fraction of sp³-hybridized carbons (Fsp3) is 0.333. The van der Waals surface area contributed by atoms with Crippen molar-refractivity contribution in [2.75, 3.05) is 12.4 Å². The zero-order chi connectivity index (χ0) is 13.8. The molecule has 102 valence electrons. The predicted octanol–water partition coefficient (Wildman–Crippen LogP) is 2.14. The summed E-state index contributed by atoms with van der Waals surface area (Å²) in [6, 6.07) is 4.98. The van der Waals surface area contributed by atoms with Crippen LogP contribution in [0.15, 0.2) is 18.2 Å². The monoisotopic (exact) mass is 300 g/mol. The molecular weight excluding hydrogens is 287 g/mol. The minimum Gasteiger partial charge on any atom is -0.352 e. The molecule has 0 spiro atoms. The summed E-state index contributed by atoms with van der Waals surface area (Å²) in [6.45, 7) is 1.01. The highest BCUT2D eigenvalue weighted by atomic mass is 35.5. The standard InChI is InChI=1S/C12H14Cl2N4O/c13-4-3-11-17-9-2-1-8(14)7-10(9)18(11)6-5-16-12(15)19/h1-2,7H,3-6H2,(H3,15,16,19). The summed E-state index contributed by atoms with van der Waals surface area (Å²) in [4.78, 5) is 15.2. The lowest BCUT2D eigenvalue weighted by Gasteiger charge is -2.08. The van der Waals surface area contributed by atoms with E-state index in [0.29, 0.717) is 30.4 Å². The Balaban J connectivity index is 2.33. The maximum Gasteiger partial charge on any atom is 0.312 e. The van der Waals surface area contributed by atoms with E-state index in [9.17, 15) is 4.79 Å². The van der Waals surface area contributed by atoms with Crippen molar-refractivity contribution >= 4 is 40.3 Å². The van der Waals surface area contributed by atoms with Gasteiger partial charge in [0.25, 0.3) is 0 Å². The Hall–Kier alpha value is -1.46. The first kappa shape index (κ1) is 14.0.